The fourth-order valence-electron chi connectivity index (χ4n) is 2.48. The van der Waals surface area contributed by atoms with Gasteiger partial charge in [0.05, 0.1) is 17.0 Å². The number of carboxylic acids is 1. The van der Waals surface area contributed by atoms with Gasteiger partial charge in [0.15, 0.2) is 11.3 Å². The molecule has 0 fully saturated rings. The first-order chi connectivity index (χ1) is 11.5. The van der Waals surface area contributed by atoms with Crippen molar-refractivity contribution in [1.82, 2.24) is 14.8 Å². The maximum atomic E-state index is 11.5. The first-order valence-electron chi connectivity index (χ1n) is 7.05. The Bertz CT molecular complexity index is 947. The molecule has 1 aromatic carbocycles. The quantitative estimate of drug-likeness (QED) is 0.430. The van der Waals surface area contributed by atoms with Gasteiger partial charge in [-0.15, -0.1) is 11.6 Å². The lowest BCUT2D eigenvalue weighted by atomic mass is 10.0. The molecular formula is C16H14ClN5O2. The molecule has 0 bridgehead atoms. The van der Waals surface area contributed by atoms with E-state index < -0.39 is 5.97 Å². The van der Waals surface area contributed by atoms with Gasteiger partial charge in [-0.2, -0.15) is 5.10 Å². The van der Waals surface area contributed by atoms with Crippen LogP contribution in [0.2, 0.25) is 0 Å². The second kappa shape index (κ2) is 6.29. The number of halogens is 1. The highest BCUT2D eigenvalue weighted by molar-refractivity contribution is 6.28. The number of aliphatic imine (C=N–C) groups is 1. The fraction of sp³-hybridized carbons (Fsp3) is 0.125. The van der Waals surface area contributed by atoms with Crippen molar-refractivity contribution < 1.29 is 9.90 Å². The van der Waals surface area contributed by atoms with Crippen LogP contribution in [0, 0.1) is 0 Å². The maximum Gasteiger partial charge on any atom is 0.357 e. The van der Waals surface area contributed by atoms with E-state index in [0.29, 0.717) is 22.6 Å². The summed E-state index contributed by atoms with van der Waals surface area (Å²) in [7, 11) is 1.66. The molecule has 0 atom stereocenters. The molecular weight excluding hydrogens is 330 g/mol. The molecule has 0 unspecified atom stereocenters. The number of carbonyl (C=O) groups is 1. The van der Waals surface area contributed by atoms with Crippen molar-refractivity contribution in [2.45, 2.75) is 0 Å². The lowest BCUT2D eigenvalue weighted by Gasteiger charge is -2.05. The Kier molecular flexibility index (Phi) is 4.18. The van der Waals surface area contributed by atoms with E-state index in [-0.39, 0.29) is 11.6 Å². The standard InChI is InChI=1S/C16H14ClN5O2/c1-22-15-13(14(21-22)16(23)24)11(6-7-19-15)9-2-4-10(5-3-9)20-12(18)8-17/h2-7H,8H2,1H3,(H2,18,20)(H,23,24). The zero-order chi connectivity index (χ0) is 17.3. The lowest BCUT2D eigenvalue weighted by molar-refractivity contribution is 0.0691. The van der Waals surface area contributed by atoms with Gasteiger partial charge in [0.1, 0.15) is 5.84 Å². The molecule has 0 saturated carbocycles. The lowest BCUT2D eigenvalue weighted by Crippen LogP contribution is -2.12. The van der Waals surface area contributed by atoms with Gasteiger partial charge in [-0.1, -0.05) is 12.1 Å². The number of amidine groups is 1. The van der Waals surface area contributed by atoms with E-state index in [9.17, 15) is 9.90 Å². The summed E-state index contributed by atoms with van der Waals surface area (Å²) < 4.78 is 1.46. The first-order valence-corrected chi connectivity index (χ1v) is 7.59. The molecule has 3 aromatic rings. The minimum atomic E-state index is -1.09. The minimum Gasteiger partial charge on any atom is -0.476 e. The molecule has 3 N–H and O–H groups in total. The number of alkyl halides is 1. The first kappa shape index (κ1) is 15.9. The van der Waals surface area contributed by atoms with Crippen molar-refractivity contribution in [3.8, 4) is 11.1 Å². The van der Waals surface area contributed by atoms with Gasteiger partial charge in [-0.05, 0) is 29.3 Å². The summed E-state index contributed by atoms with van der Waals surface area (Å²) in [5, 5.41) is 13.9. The second-order valence-corrected chi connectivity index (χ2v) is 5.39. The van der Waals surface area contributed by atoms with Crippen molar-refractivity contribution >= 4 is 40.1 Å². The van der Waals surface area contributed by atoms with Crippen LogP contribution >= 0.6 is 11.6 Å². The van der Waals surface area contributed by atoms with Gasteiger partial charge in [0.25, 0.3) is 0 Å². The highest BCUT2D eigenvalue weighted by Gasteiger charge is 2.19. The van der Waals surface area contributed by atoms with Gasteiger partial charge >= 0.3 is 5.97 Å². The van der Waals surface area contributed by atoms with Crippen LogP contribution in [-0.2, 0) is 7.05 Å². The monoisotopic (exact) mass is 343 g/mol. The molecule has 122 valence electrons. The largest absolute Gasteiger partial charge is 0.476 e. The Balaban J connectivity index is 2.14. The topological polar surface area (TPSA) is 106 Å². The number of nitrogens with two attached hydrogens (primary N) is 1. The molecule has 0 spiro atoms. The van der Waals surface area contributed by atoms with E-state index in [0.717, 1.165) is 11.1 Å². The smallest absolute Gasteiger partial charge is 0.357 e. The third kappa shape index (κ3) is 2.81. The zero-order valence-electron chi connectivity index (χ0n) is 12.8. The number of fused-ring (bicyclic) bond motifs is 1. The normalized spacial score (nSPS) is 11.8. The third-order valence-corrected chi connectivity index (χ3v) is 3.79. The molecule has 7 nitrogen and oxygen atoms in total. The van der Waals surface area contributed by atoms with E-state index in [2.05, 4.69) is 15.1 Å². The summed E-state index contributed by atoms with van der Waals surface area (Å²) >= 11 is 5.62. The molecule has 0 saturated heterocycles. The molecule has 24 heavy (non-hydrogen) atoms. The highest BCUT2D eigenvalue weighted by Crippen LogP contribution is 2.31. The van der Waals surface area contributed by atoms with E-state index in [1.807, 2.05) is 12.1 Å². The summed E-state index contributed by atoms with van der Waals surface area (Å²) in [4.78, 5) is 19.9. The van der Waals surface area contributed by atoms with Crippen molar-refractivity contribution in [2.24, 2.45) is 17.8 Å². The zero-order valence-corrected chi connectivity index (χ0v) is 13.5. The molecule has 8 heteroatoms. The number of aromatic nitrogens is 3. The number of hydrogen-bond donors (Lipinski definition) is 2. The maximum absolute atomic E-state index is 11.5. The van der Waals surface area contributed by atoms with Crippen LogP contribution in [0.1, 0.15) is 10.5 Å². The molecule has 2 heterocycles. The Hall–Kier alpha value is -2.93. The van der Waals surface area contributed by atoms with Crippen molar-refractivity contribution in [2.75, 3.05) is 5.88 Å². The van der Waals surface area contributed by atoms with Gasteiger partial charge in [0, 0.05) is 13.2 Å². The van der Waals surface area contributed by atoms with E-state index >= 15 is 0 Å². The summed E-state index contributed by atoms with van der Waals surface area (Å²) in [6, 6.07) is 9.03. The summed E-state index contributed by atoms with van der Waals surface area (Å²) in [5.41, 5.74) is 8.36. The molecule has 0 aliphatic heterocycles. The summed E-state index contributed by atoms with van der Waals surface area (Å²) in [6.45, 7) is 0. The van der Waals surface area contributed by atoms with Crippen molar-refractivity contribution in [3.63, 3.8) is 0 Å². The molecule has 0 radical (unpaired) electrons. The van der Waals surface area contributed by atoms with Crippen LogP contribution < -0.4 is 5.73 Å². The van der Waals surface area contributed by atoms with Gasteiger partial charge in [-0.3, -0.25) is 0 Å². The van der Waals surface area contributed by atoms with E-state index in [1.165, 1.54) is 4.68 Å². The SMILES string of the molecule is Cn1nc(C(=O)O)c2c(-c3ccc(N=C(N)CCl)cc3)ccnc21. The third-order valence-electron chi connectivity index (χ3n) is 3.51. The Morgan fingerprint density at radius 2 is 2.04 bits per heavy atom. The van der Waals surface area contributed by atoms with Crippen LogP contribution in [0.3, 0.4) is 0 Å². The predicted molar refractivity (Wildman–Crippen MR) is 92.9 cm³/mol. The van der Waals surface area contributed by atoms with Crippen LogP contribution in [0.15, 0.2) is 41.5 Å². The number of carboxylic acid groups (broad SMARTS) is 1. The van der Waals surface area contributed by atoms with Crippen molar-refractivity contribution in [1.29, 1.82) is 0 Å². The molecule has 0 amide bonds. The fourth-order valence-corrected chi connectivity index (χ4v) is 2.54. The van der Waals surface area contributed by atoms with Crippen LogP contribution in [0.25, 0.3) is 22.2 Å². The number of pyridine rings is 1. The summed E-state index contributed by atoms with van der Waals surface area (Å²) in [5.74, 6) is -0.605. The van der Waals surface area contributed by atoms with E-state index in [4.69, 9.17) is 17.3 Å². The number of benzene rings is 1. The molecule has 0 aliphatic rings. The number of nitrogens with zero attached hydrogens (tertiary/aromatic N) is 4. The number of rotatable bonds is 4. The molecule has 0 aliphatic carbocycles. The molecule has 3 rings (SSSR count). The van der Waals surface area contributed by atoms with Crippen molar-refractivity contribution in [3.05, 3.63) is 42.2 Å². The van der Waals surface area contributed by atoms with Crippen LogP contribution in [0.5, 0.6) is 0 Å². The second-order valence-electron chi connectivity index (χ2n) is 5.12. The number of aryl methyl sites for hydroxylation is 1. The summed E-state index contributed by atoms with van der Waals surface area (Å²) in [6.07, 6.45) is 1.63. The van der Waals surface area contributed by atoms with Gasteiger partial charge < -0.3 is 10.8 Å². The Morgan fingerprint density at radius 3 is 2.67 bits per heavy atom. The Labute approximate surface area is 142 Å². The number of aromatic carboxylic acids is 1. The Morgan fingerprint density at radius 1 is 1.33 bits per heavy atom. The highest BCUT2D eigenvalue weighted by atomic mass is 35.5. The minimum absolute atomic E-state index is 0.0240. The van der Waals surface area contributed by atoms with Crippen LogP contribution in [0.4, 0.5) is 5.69 Å². The average Bonchev–Trinajstić information content (AvgIpc) is 2.93. The van der Waals surface area contributed by atoms with Gasteiger partial charge in [0.2, 0.25) is 0 Å². The van der Waals surface area contributed by atoms with E-state index in [1.54, 1.807) is 31.4 Å². The van der Waals surface area contributed by atoms with Gasteiger partial charge in [-0.25, -0.2) is 19.5 Å². The predicted octanol–water partition coefficient (Wildman–Crippen LogP) is 2.56. The number of hydrogen-bond acceptors (Lipinski definition) is 4. The molecule has 2 aromatic heterocycles. The van der Waals surface area contributed by atoms with Crippen LogP contribution in [-0.4, -0.2) is 37.6 Å². The average molecular weight is 344 g/mol.